The summed E-state index contributed by atoms with van der Waals surface area (Å²) in [5.41, 5.74) is 3.81. The Bertz CT molecular complexity index is 988. The van der Waals surface area contributed by atoms with Gasteiger partial charge in [0.15, 0.2) is 0 Å². The van der Waals surface area contributed by atoms with Crippen molar-refractivity contribution in [3.05, 3.63) is 76.4 Å². The predicted molar refractivity (Wildman–Crippen MR) is 119 cm³/mol. The van der Waals surface area contributed by atoms with Gasteiger partial charge in [-0.15, -0.1) is 0 Å². The number of hydrogen-bond acceptors (Lipinski definition) is 4. The molecule has 1 aromatic heterocycles. The zero-order valence-electron chi connectivity index (χ0n) is 14.9. The van der Waals surface area contributed by atoms with Crippen LogP contribution in [0.15, 0.2) is 60.8 Å². The Balaban J connectivity index is 1.51. The fraction of sp³-hybridized carbons (Fsp3) is 0.143. The fourth-order valence-electron chi connectivity index (χ4n) is 2.97. The van der Waals surface area contributed by atoms with Crippen molar-refractivity contribution in [1.82, 2.24) is 4.98 Å². The Kier molecular flexibility index (Phi) is 5.76. The Morgan fingerprint density at radius 3 is 2.57 bits per heavy atom. The number of pyridine rings is 1. The van der Waals surface area contributed by atoms with Crippen molar-refractivity contribution < 1.29 is 4.79 Å². The van der Waals surface area contributed by atoms with E-state index in [0.717, 1.165) is 23.5 Å². The number of aromatic nitrogens is 1. The van der Waals surface area contributed by atoms with Crippen LogP contribution in [0.2, 0.25) is 10.0 Å². The molecule has 1 aliphatic heterocycles. The van der Waals surface area contributed by atoms with E-state index < -0.39 is 0 Å². The molecule has 0 bridgehead atoms. The molecular weight excluding hydrogens is 413 g/mol. The van der Waals surface area contributed by atoms with Crippen LogP contribution in [0.4, 0.5) is 11.4 Å². The zero-order valence-corrected chi connectivity index (χ0v) is 17.2. The number of amides is 1. The van der Waals surface area contributed by atoms with Gasteiger partial charge < -0.3 is 9.62 Å². The molecule has 0 aliphatic carbocycles. The molecule has 0 radical (unpaired) electrons. The SMILES string of the molecule is O=C(Nc1ccc(Cl)c(-c2ccc(Cl)cn2)c1)c1ccc(N2CCCS2)cc1. The fourth-order valence-corrected chi connectivity index (χ4v) is 4.30. The van der Waals surface area contributed by atoms with Crippen molar-refractivity contribution in [1.29, 1.82) is 0 Å². The Morgan fingerprint density at radius 1 is 1.07 bits per heavy atom. The monoisotopic (exact) mass is 429 g/mol. The van der Waals surface area contributed by atoms with Crippen molar-refractivity contribution >= 4 is 52.4 Å². The summed E-state index contributed by atoms with van der Waals surface area (Å²) in [5.74, 6) is 0.974. The van der Waals surface area contributed by atoms with Gasteiger partial charge >= 0.3 is 0 Å². The third-order valence-corrected chi connectivity index (χ3v) is 6.13. The topological polar surface area (TPSA) is 45.2 Å². The molecule has 142 valence electrons. The standard InChI is InChI=1S/C21H17Cl2N3OS/c22-15-4-9-20(24-13-15)18-12-16(5-8-19(18)23)25-21(27)14-2-6-17(7-3-14)26-10-1-11-28-26/h2-9,12-13H,1,10-11H2,(H,25,27). The number of benzene rings is 2. The van der Waals surface area contributed by atoms with Crippen molar-refractivity contribution in [3.8, 4) is 11.3 Å². The first-order valence-electron chi connectivity index (χ1n) is 8.83. The van der Waals surface area contributed by atoms with Crippen molar-refractivity contribution in [2.45, 2.75) is 6.42 Å². The molecule has 0 spiro atoms. The summed E-state index contributed by atoms with van der Waals surface area (Å²) in [6, 6.07) is 16.5. The number of carbonyl (C=O) groups excluding carboxylic acids is 1. The lowest BCUT2D eigenvalue weighted by molar-refractivity contribution is 0.102. The molecular formula is C21H17Cl2N3OS. The van der Waals surface area contributed by atoms with Crippen LogP contribution in [0, 0.1) is 0 Å². The van der Waals surface area contributed by atoms with Crippen LogP contribution in [0.3, 0.4) is 0 Å². The molecule has 1 amide bonds. The Labute approximate surface area is 178 Å². The molecule has 1 N–H and O–H groups in total. The van der Waals surface area contributed by atoms with Crippen LogP contribution in [-0.4, -0.2) is 23.2 Å². The summed E-state index contributed by atoms with van der Waals surface area (Å²) >= 11 is 14.0. The summed E-state index contributed by atoms with van der Waals surface area (Å²) in [5, 5.41) is 4.04. The second-order valence-electron chi connectivity index (χ2n) is 6.35. The van der Waals surface area contributed by atoms with E-state index in [9.17, 15) is 4.79 Å². The molecule has 0 atom stereocenters. The van der Waals surface area contributed by atoms with Crippen LogP contribution in [0.25, 0.3) is 11.3 Å². The van der Waals surface area contributed by atoms with E-state index in [0.29, 0.717) is 27.0 Å². The molecule has 2 heterocycles. The van der Waals surface area contributed by atoms with E-state index in [1.165, 1.54) is 6.42 Å². The normalized spacial score (nSPS) is 13.6. The minimum absolute atomic E-state index is 0.169. The van der Waals surface area contributed by atoms with Gasteiger partial charge in [0.2, 0.25) is 0 Å². The second kappa shape index (κ2) is 8.43. The van der Waals surface area contributed by atoms with E-state index in [-0.39, 0.29) is 5.91 Å². The first kappa shape index (κ1) is 19.1. The maximum atomic E-state index is 12.6. The quantitative estimate of drug-likeness (QED) is 0.503. The highest BCUT2D eigenvalue weighted by molar-refractivity contribution is 8.00. The highest BCUT2D eigenvalue weighted by Gasteiger charge is 2.14. The largest absolute Gasteiger partial charge is 0.322 e. The number of carbonyl (C=O) groups is 1. The van der Waals surface area contributed by atoms with Gasteiger partial charge in [0.1, 0.15) is 0 Å². The molecule has 0 unspecified atom stereocenters. The Morgan fingerprint density at radius 2 is 1.89 bits per heavy atom. The van der Waals surface area contributed by atoms with Crippen LogP contribution in [-0.2, 0) is 0 Å². The second-order valence-corrected chi connectivity index (χ2v) is 8.30. The van der Waals surface area contributed by atoms with Gasteiger partial charge in [-0.2, -0.15) is 0 Å². The van der Waals surface area contributed by atoms with E-state index in [2.05, 4.69) is 14.6 Å². The van der Waals surface area contributed by atoms with E-state index >= 15 is 0 Å². The molecule has 1 aliphatic rings. The first-order chi connectivity index (χ1) is 13.6. The first-order valence-corrected chi connectivity index (χ1v) is 10.5. The molecule has 28 heavy (non-hydrogen) atoms. The van der Waals surface area contributed by atoms with Gasteiger partial charge in [0.25, 0.3) is 5.91 Å². The molecule has 4 nitrogen and oxygen atoms in total. The summed E-state index contributed by atoms with van der Waals surface area (Å²) in [4.78, 5) is 16.9. The summed E-state index contributed by atoms with van der Waals surface area (Å²) in [6.45, 7) is 1.04. The van der Waals surface area contributed by atoms with Crippen molar-refractivity contribution in [3.63, 3.8) is 0 Å². The van der Waals surface area contributed by atoms with Crippen LogP contribution < -0.4 is 9.62 Å². The third-order valence-electron chi connectivity index (χ3n) is 4.40. The minimum atomic E-state index is -0.169. The van der Waals surface area contributed by atoms with Gasteiger partial charge in [-0.05, 0) is 73.0 Å². The van der Waals surface area contributed by atoms with Crippen LogP contribution >= 0.6 is 35.1 Å². The zero-order chi connectivity index (χ0) is 19.5. The number of hydrogen-bond donors (Lipinski definition) is 1. The average Bonchev–Trinajstić information content (AvgIpc) is 3.25. The minimum Gasteiger partial charge on any atom is -0.322 e. The highest BCUT2D eigenvalue weighted by atomic mass is 35.5. The van der Waals surface area contributed by atoms with Crippen LogP contribution in [0.5, 0.6) is 0 Å². The van der Waals surface area contributed by atoms with Crippen molar-refractivity contribution in [2.24, 2.45) is 0 Å². The summed E-state index contributed by atoms with van der Waals surface area (Å²) in [7, 11) is 0. The summed E-state index contributed by atoms with van der Waals surface area (Å²) in [6.07, 6.45) is 2.76. The van der Waals surface area contributed by atoms with Gasteiger partial charge in [-0.25, -0.2) is 0 Å². The van der Waals surface area contributed by atoms with Gasteiger partial charge in [0.05, 0.1) is 15.7 Å². The number of rotatable bonds is 4. The molecule has 2 aromatic carbocycles. The number of nitrogens with zero attached hydrogens (tertiary/aromatic N) is 2. The number of anilines is 2. The molecule has 1 saturated heterocycles. The van der Waals surface area contributed by atoms with Gasteiger partial charge in [0, 0.05) is 41.0 Å². The Hall–Kier alpha value is -2.21. The molecule has 1 fully saturated rings. The maximum Gasteiger partial charge on any atom is 0.255 e. The smallest absolute Gasteiger partial charge is 0.255 e. The predicted octanol–water partition coefficient (Wildman–Crippen LogP) is 6.17. The lowest BCUT2D eigenvalue weighted by atomic mass is 10.1. The van der Waals surface area contributed by atoms with E-state index in [1.54, 1.807) is 30.5 Å². The molecule has 4 rings (SSSR count). The number of nitrogens with one attached hydrogen (secondary N) is 1. The average molecular weight is 430 g/mol. The lowest BCUT2D eigenvalue weighted by Crippen LogP contribution is -2.13. The summed E-state index contributed by atoms with van der Waals surface area (Å²) < 4.78 is 2.26. The maximum absolute atomic E-state index is 12.6. The van der Waals surface area contributed by atoms with E-state index in [4.69, 9.17) is 23.2 Å². The molecule has 3 aromatic rings. The van der Waals surface area contributed by atoms with Gasteiger partial charge in [-0.3, -0.25) is 9.78 Å². The lowest BCUT2D eigenvalue weighted by Gasteiger charge is -2.16. The molecule has 0 saturated carbocycles. The molecule has 7 heteroatoms. The number of halogens is 2. The van der Waals surface area contributed by atoms with Gasteiger partial charge in [-0.1, -0.05) is 23.2 Å². The third kappa shape index (κ3) is 4.27. The highest BCUT2D eigenvalue weighted by Crippen LogP contribution is 2.31. The van der Waals surface area contributed by atoms with Crippen LogP contribution in [0.1, 0.15) is 16.8 Å². The van der Waals surface area contributed by atoms with Crippen molar-refractivity contribution in [2.75, 3.05) is 21.9 Å². The van der Waals surface area contributed by atoms with E-state index in [1.807, 2.05) is 42.3 Å².